The minimum atomic E-state index is -0.0359. The lowest BCUT2D eigenvalue weighted by atomic mass is 9.93. The van der Waals surface area contributed by atoms with Crippen LogP contribution in [0.15, 0.2) is 18.2 Å². The van der Waals surface area contributed by atoms with E-state index < -0.39 is 0 Å². The van der Waals surface area contributed by atoms with E-state index in [0.717, 1.165) is 12.0 Å². The van der Waals surface area contributed by atoms with Gasteiger partial charge in [0.05, 0.1) is 0 Å². The van der Waals surface area contributed by atoms with Crippen LogP contribution in [0.5, 0.6) is 0 Å². The first-order chi connectivity index (χ1) is 6.56. The molecule has 1 unspecified atom stereocenters. The maximum absolute atomic E-state index is 6.08. The van der Waals surface area contributed by atoms with Crippen molar-refractivity contribution in [2.45, 2.75) is 26.3 Å². The average Bonchev–Trinajstić information content (AvgIpc) is 2.19. The van der Waals surface area contributed by atoms with E-state index in [1.165, 1.54) is 0 Å². The highest BCUT2D eigenvalue weighted by Gasteiger charge is 2.16. The summed E-state index contributed by atoms with van der Waals surface area (Å²) in [7, 11) is 0. The summed E-state index contributed by atoms with van der Waals surface area (Å²) in [5.74, 6) is 0.408. The molecular formula is C11H15Cl2N. The zero-order chi connectivity index (χ0) is 10.7. The van der Waals surface area contributed by atoms with Gasteiger partial charge in [-0.1, -0.05) is 43.5 Å². The van der Waals surface area contributed by atoms with Crippen LogP contribution < -0.4 is 5.73 Å². The number of hydrogen-bond donors (Lipinski definition) is 1. The monoisotopic (exact) mass is 231 g/mol. The van der Waals surface area contributed by atoms with Gasteiger partial charge in [-0.05, 0) is 29.7 Å². The van der Waals surface area contributed by atoms with E-state index in [9.17, 15) is 0 Å². The molecule has 0 saturated carbocycles. The van der Waals surface area contributed by atoms with Crippen LogP contribution in [-0.4, -0.2) is 0 Å². The molecule has 0 aliphatic carbocycles. The summed E-state index contributed by atoms with van der Waals surface area (Å²) >= 11 is 11.9. The lowest BCUT2D eigenvalue weighted by molar-refractivity contribution is 0.457. The Morgan fingerprint density at radius 2 is 2.00 bits per heavy atom. The topological polar surface area (TPSA) is 26.0 Å². The van der Waals surface area contributed by atoms with Gasteiger partial charge in [-0.2, -0.15) is 0 Å². The molecule has 0 fully saturated rings. The quantitative estimate of drug-likeness (QED) is 0.836. The van der Waals surface area contributed by atoms with Crippen LogP contribution in [0.1, 0.15) is 31.9 Å². The van der Waals surface area contributed by atoms with Gasteiger partial charge in [-0.15, -0.1) is 0 Å². The van der Waals surface area contributed by atoms with Gasteiger partial charge in [0.15, 0.2) is 0 Å². The molecule has 0 aliphatic heterocycles. The molecule has 1 nitrogen and oxygen atoms in total. The van der Waals surface area contributed by atoms with E-state index in [1.807, 2.05) is 6.07 Å². The summed E-state index contributed by atoms with van der Waals surface area (Å²) in [4.78, 5) is 0. The molecule has 0 aromatic heterocycles. The molecule has 0 amide bonds. The summed E-state index contributed by atoms with van der Waals surface area (Å²) in [6.07, 6.45) is 1.03. The summed E-state index contributed by atoms with van der Waals surface area (Å²) in [5, 5.41) is 1.38. The van der Waals surface area contributed by atoms with E-state index in [2.05, 4.69) is 13.8 Å². The fraction of sp³-hybridized carbons (Fsp3) is 0.455. The van der Waals surface area contributed by atoms with E-state index >= 15 is 0 Å². The van der Waals surface area contributed by atoms with Crippen molar-refractivity contribution in [3.63, 3.8) is 0 Å². The number of halogens is 2. The van der Waals surface area contributed by atoms with Crippen LogP contribution in [0.3, 0.4) is 0 Å². The first-order valence-corrected chi connectivity index (χ1v) is 5.52. The lowest BCUT2D eigenvalue weighted by Crippen LogP contribution is -2.18. The minimum Gasteiger partial charge on any atom is -0.324 e. The van der Waals surface area contributed by atoms with Crippen LogP contribution in [0.25, 0.3) is 0 Å². The van der Waals surface area contributed by atoms with Gasteiger partial charge in [0, 0.05) is 16.1 Å². The third-order valence-electron chi connectivity index (χ3n) is 2.57. The molecule has 0 bridgehead atoms. The van der Waals surface area contributed by atoms with Crippen molar-refractivity contribution in [1.29, 1.82) is 0 Å². The van der Waals surface area contributed by atoms with Crippen LogP contribution in [0.4, 0.5) is 0 Å². The molecule has 3 heteroatoms. The van der Waals surface area contributed by atoms with Gasteiger partial charge in [0.2, 0.25) is 0 Å². The van der Waals surface area contributed by atoms with Gasteiger partial charge in [0.25, 0.3) is 0 Å². The molecule has 0 radical (unpaired) electrons. The zero-order valence-corrected chi connectivity index (χ0v) is 9.94. The maximum atomic E-state index is 6.08. The molecule has 1 rings (SSSR count). The van der Waals surface area contributed by atoms with Gasteiger partial charge in [-0.25, -0.2) is 0 Å². The third kappa shape index (κ3) is 2.63. The lowest BCUT2D eigenvalue weighted by Gasteiger charge is -2.19. The smallest absolute Gasteiger partial charge is 0.0454 e. The maximum Gasteiger partial charge on any atom is 0.0454 e. The molecule has 0 spiro atoms. The molecular weight excluding hydrogens is 217 g/mol. The molecule has 0 saturated heterocycles. The predicted octanol–water partition coefficient (Wildman–Crippen LogP) is 4.04. The Balaban J connectivity index is 2.99. The van der Waals surface area contributed by atoms with Crippen molar-refractivity contribution in [2.24, 2.45) is 11.7 Å². The Bertz CT molecular complexity index is 312. The SMILES string of the molecule is CCC(C)[C@@H](N)c1cc(Cl)ccc1Cl. The summed E-state index contributed by atoms with van der Waals surface area (Å²) in [6.45, 7) is 4.23. The first-order valence-electron chi connectivity index (χ1n) is 4.76. The van der Waals surface area contributed by atoms with Crippen LogP contribution in [0, 0.1) is 5.92 Å². The van der Waals surface area contributed by atoms with Crippen LogP contribution >= 0.6 is 23.2 Å². The van der Waals surface area contributed by atoms with Gasteiger partial charge < -0.3 is 5.73 Å². The molecule has 14 heavy (non-hydrogen) atoms. The molecule has 0 heterocycles. The minimum absolute atomic E-state index is 0.0359. The van der Waals surface area contributed by atoms with E-state index in [0.29, 0.717) is 16.0 Å². The number of benzene rings is 1. The Kier molecular flexibility index (Phi) is 4.24. The van der Waals surface area contributed by atoms with E-state index in [1.54, 1.807) is 12.1 Å². The van der Waals surface area contributed by atoms with E-state index in [-0.39, 0.29) is 6.04 Å². The highest BCUT2D eigenvalue weighted by atomic mass is 35.5. The molecule has 1 aromatic rings. The largest absolute Gasteiger partial charge is 0.324 e. The average molecular weight is 232 g/mol. The standard InChI is InChI=1S/C11H15Cl2N/c1-3-7(2)11(14)9-6-8(12)4-5-10(9)13/h4-7,11H,3,14H2,1-2H3/t7?,11-/m1/s1. The number of nitrogens with two attached hydrogens (primary N) is 1. The zero-order valence-electron chi connectivity index (χ0n) is 8.43. The fourth-order valence-electron chi connectivity index (χ4n) is 1.33. The third-order valence-corrected chi connectivity index (χ3v) is 3.15. The Labute approximate surface area is 95.2 Å². The van der Waals surface area contributed by atoms with Crippen molar-refractivity contribution in [3.05, 3.63) is 33.8 Å². The molecule has 2 atom stereocenters. The molecule has 2 N–H and O–H groups in total. The Hall–Kier alpha value is -0.240. The Morgan fingerprint density at radius 3 is 2.57 bits per heavy atom. The van der Waals surface area contributed by atoms with Crippen LogP contribution in [0.2, 0.25) is 10.0 Å². The van der Waals surface area contributed by atoms with Crippen molar-refractivity contribution in [2.75, 3.05) is 0 Å². The highest BCUT2D eigenvalue weighted by molar-refractivity contribution is 6.33. The Morgan fingerprint density at radius 1 is 1.36 bits per heavy atom. The summed E-state index contributed by atoms with van der Waals surface area (Å²) in [5.41, 5.74) is 7.01. The van der Waals surface area contributed by atoms with Crippen molar-refractivity contribution < 1.29 is 0 Å². The normalized spacial score (nSPS) is 15.2. The van der Waals surface area contributed by atoms with Gasteiger partial charge >= 0.3 is 0 Å². The second-order valence-electron chi connectivity index (χ2n) is 3.58. The predicted molar refractivity (Wildman–Crippen MR) is 62.8 cm³/mol. The number of hydrogen-bond acceptors (Lipinski definition) is 1. The second kappa shape index (κ2) is 5.01. The molecule has 78 valence electrons. The number of rotatable bonds is 3. The van der Waals surface area contributed by atoms with Gasteiger partial charge in [0.1, 0.15) is 0 Å². The molecule has 0 aliphatic rings. The summed E-state index contributed by atoms with van der Waals surface area (Å²) < 4.78 is 0. The van der Waals surface area contributed by atoms with Crippen molar-refractivity contribution in [1.82, 2.24) is 0 Å². The second-order valence-corrected chi connectivity index (χ2v) is 4.42. The van der Waals surface area contributed by atoms with E-state index in [4.69, 9.17) is 28.9 Å². The first kappa shape index (κ1) is 11.8. The van der Waals surface area contributed by atoms with Crippen molar-refractivity contribution in [3.8, 4) is 0 Å². The van der Waals surface area contributed by atoms with Crippen molar-refractivity contribution >= 4 is 23.2 Å². The highest BCUT2D eigenvalue weighted by Crippen LogP contribution is 2.30. The van der Waals surface area contributed by atoms with Crippen LogP contribution in [-0.2, 0) is 0 Å². The van der Waals surface area contributed by atoms with Gasteiger partial charge in [-0.3, -0.25) is 0 Å². The molecule has 1 aromatic carbocycles. The fourth-order valence-corrected chi connectivity index (χ4v) is 1.75. The summed E-state index contributed by atoms with van der Waals surface area (Å²) in [6, 6.07) is 5.38.